The van der Waals surface area contributed by atoms with Crippen molar-refractivity contribution in [3.8, 4) is 6.07 Å². The number of imidazole rings is 1. The molecule has 1 aromatic carbocycles. The number of benzene rings is 1. The third-order valence-electron chi connectivity index (χ3n) is 3.26. The van der Waals surface area contributed by atoms with E-state index in [-0.39, 0.29) is 5.69 Å². The standard InChI is InChI=1S/C15H9F3N4/c16-15(17,18)11-3-1-10(2-4-11)8-22-9-21-13-5-12(6-19)20-7-14(13)22/h1-5,7,9H,8H2. The zero-order valence-electron chi connectivity index (χ0n) is 11.2. The number of nitrogens with zero attached hydrogens (tertiary/aromatic N) is 4. The van der Waals surface area contributed by atoms with Gasteiger partial charge in [0.1, 0.15) is 11.8 Å². The topological polar surface area (TPSA) is 54.5 Å². The van der Waals surface area contributed by atoms with E-state index in [4.69, 9.17) is 5.26 Å². The highest BCUT2D eigenvalue weighted by atomic mass is 19.4. The molecule has 0 amide bonds. The van der Waals surface area contributed by atoms with Crippen LogP contribution in [-0.2, 0) is 12.7 Å². The fraction of sp³-hybridized carbons (Fsp3) is 0.133. The fourth-order valence-electron chi connectivity index (χ4n) is 2.14. The molecule has 4 nitrogen and oxygen atoms in total. The van der Waals surface area contributed by atoms with E-state index >= 15 is 0 Å². The predicted octanol–water partition coefficient (Wildman–Crippen LogP) is 3.37. The third kappa shape index (κ3) is 2.63. The van der Waals surface area contributed by atoms with Gasteiger partial charge < -0.3 is 4.57 Å². The lowest BCUT2D eigenvalue weighted by atomic mass is 10.1. The van der Waals surface area contributed by atoms with Crippen LogP contribution in [0.4, 0.5) is 13.2 Å². The molecule has 0 N–H and O–H groups in total. The molecule has 110 valence electrons. The summed E-state index contributed by atoms with van der Waals surface area (Å²) in [5.41, 5.74) is 1.66. The first-order valence-electron chi connectivity index (χ1n) is 6.34. The number of rotatable bonds is 2. The Bertz CT molecular complexity index is 857. The van der Waals surface area contributed by atoms with Crippen LogP contribution in [-0.4, -0.2) is 14.5 Å². The van der Waals surface area contributed by atoms with Gasteiger partial charge >= 0.3 is 6.18 Å². The average molecular weight is 302 g/mol. The van der Waals surface area contributed by atoms with E-state index in [1.54, 1.807) is 17.0 Å². The molecule has 0 aliphatic carbocycles. The molecular weight excluding hydrogens is 293 g/mol. The average Bonchev–Trinajstić information content (AvgIpc) is 2.89. The Labute approximate surface area is 123 Å². The van der Waals surface area contributed by atoms with Crippen molar-refractivity contribution in [1.29, 1.82) is 5.26 Å². The number of halogens is 3. The molecule has 0 radical (unpaired) electrons. The molecule has 0 saturated carbocycles. The van der Waals surface area contributed by atoms with Gasteiger partial charge in [0.05, 0.1) is 29.1 Å². The second kappa shape index (κ2) is 5.15. The Morgan fingerprint density at radius 3 is 2.50 bits per heavy atom. The van der Waals surface area contributed by atoms with E-state index in [2.05, 4.69) is 9.97 Å². The van der Waals surface area contributed by atoms with Gasteiger partial charge in [-0.1, -0.05) is 12.1 Å². The lowest BCUT2D eigenvalue weighted by molar-refractivity contribution is -0.137. The largest absolute Gasteiger partial charge is 0.416 e. The molecule has 3 aromatic rings. The van der Waals surface area contributed by atoms with Gasteiger partial charge in [-0.3, -0.25) is 0 Å². The molecule has 7 heteroatoms. The normalized spacial score (nSPS) is 11.5. The maximum absolute atomic E-state index is 12.5. The molecule has 0 fully saturated rings. The fourth-order valence-corrected chi connectivity index (χ4v) is 2.14. The number of hydrogen-bond acceptors (Lipinski definition) is 3. The smallest absolute Gasteiger partial charge is 0.325 e. The minimum absolute atomic E-state index is 0.271. The summed E-state index contributed by atoms with van der Waals surface area (Å²) >= 11 is 0. The molecule has 0 saturated heterocycles. The van der Waals surface area contributed by atoms with Crippen molar-refractivity contribution < 1.29 is 13.2 Å². The zero-order valence-corrected chi connectivity index (χ0v) is 11.2. The number of hydrogen-bond donors (Lipinski definition) is 0. The first-order valence-corrected chi connectivity index (χ1v) is 6.34. The number of alkyl halides is 3. The number of fused-ring (bicyclic) bond motifs is 1. The lowest BCUT2D eigenvalue weighted by Crippen LogP contribution is -2.05. The number of pyridine rings is 1. The highest BCUT2D eigenvalue weighted by Crippen LogP contribution is 2.29. The van der Waals surface area contributed by atoms with Gasteiger partial charge in [0.2, 0.25) is 0 Å². The van der Waals surface area contributed by atoms with Gasteiger partial charge in [0.15, 0.2) is 0 Å². The van der Waals surface area contributed by atoms with Crippen molar-refractivity contribution in [1.82, 2.24) is 14.5 Å². The highest BCUT2D eigenvalue weighted by Gasteiger charge is 2.29. The summed E-state index contributed by atoms with van der Waals surface area (Å²) in [7, 11) is 0. The van der Waals surface area contributed by atoms with Crippen LogP contribution in [0.5, 0.6) is 0 Å². The number of nitriles is 1. The number of aromatic nitrogens is 3. The molecule has 2 heterocycles. The molecule has 0 unspecified atom stereocenters. The van der Waals surface area contributed by atoms with Crippen molar-refractivity contribution in [2.75, 3.05) is 0 Å². The molecule has 0 bridgehead atoms. The summed E-state index contributed by atoms with van der Waals surface area (Å²) in [6, 6.07) is 8.48. The van der Waals surface area contributed by atoms with Crippen LogP contribution >= 0.6 is 0 Å². The molecule has 3 rings (SSSR count). The van der Waals surface area contributed by atoms with E-state index < -0.39 is 11.7 Å². The van der Waals surface area contributed by atoms with Gasteiger partial charge in [-0.25, -0.2) is 9.97 Å². The van der Waals surface area contributed by atoms with Crippen molar-refractivity contribution in [3.05, 3.63) is 59.7 Å². The molecular formula is C15H9F3N4. The second-order valence-electron chi connectivity index (χ2n) is 4.74. The van der Waals surface area contributed by atoms with E-state index in [9.17, 15) is 13.2 Å². The quantitative estimate of drug-likeness (QED) is 0.729. The monoisotopic (exact) mass is 302 g/mol. The first-order chi connectivity index (χ1) is 10.5. The van der Waals surface area contributed by atoms with Crippen LogP contribution in [0.3, 0.4) is 0 Å². The highest BCUT2D eigenvalue weighted by molar-refractivity contribution is 5.75. The maximum Gasteiger partial charge on any atom is 0.416 e. The van der Waals surface area contributed by atoms with Crippen LogP contribution < -0.4 is 0 Å². The van der Waals surface area contributed by atoms with Gasteiger partial charge in [-0.05, 0) is 17.7 Å². The maximum atomic E-state index is 12.5. The van der Waals surface area contributed by atoms with Crippen molar-refractivity contribution in [2.45, 2.75) is 12.7 Å². The minimum atomic E-state index is -4.34. The molecule has 0 aliphatic heterocycles. The van der Waals surface area contributed by atoms with Crippen molar-refractivity contribution in [2.24, 2.45) is 0 Å². The van der Waals surface area contributed by atoms with Crippen LogP contribution in [0.1, 0.15) is 16.8 Å². The minimum Gasteiger partial charge on any atom is -0.325 e. The summed E-state index contributed by atoms with van der Waals surface area (Å²) in [6.07, 6.45) is -1.23. The first kappa shape index (κ1) is 14.1. The van der Waals surface area contributed by atoms with Crippen LogP contribution in [0.2, 0.25) is 0 Å². The van der Waals surface area contributed by atoms with Crippen LogP contribution in [0, 0.1) is 11.3 Å². The Morgan fingerprint density at radius 2 is 1.86 bits per heavy atom. The SMILES string of the molecule is N#Cc1cc2ncn(Cc3ccc(C(F)(F)F)cc3)c2cn1. The van der Waals surface area contributed by atoms with Crippen molar-refractivity contribution in [3.63, 3.8) is 0 Å². The van der Waals surface area contributed by atoms with Gasteiger partial charge in [0, 0.05) is 12.6 Å². The van der Waals surface area contributed by atoms with Gasteiger partial charge in [-0.2, -0.15) is 18.4 Å². The second-order valence-corrected chi connectivity index (χ2v) is 4.74. The Morgan fingerprint density at radius 1 is 1.14 bits per heavy atom. The zero-order chi connectivity index (χ0) is 15.7. The predicted molar refractivity (Wildman–Crippen MR) is 72.8 cm³/mol. The molecule has 0 spiro atoms. The van der Waals surface area contributed by atoms with Gasteiger partial charge in [0.25, 0.3) is 0 Å². The van der Waals surface area contributed by atoms with Crippen molar-refractivity contribution >= 4 is 11.0 Å². The van der Waals surface area contributed by atoms with E-state index in [0.29, 0.717) is 12.1 Å². The lowest BCUT2D eigenvalue weighted by Gasteiger charge is -2.08. The Balaban J connectivity index is 1.89. The summed E-state index contributed by atoms with van der Waals surface area (Å²) in [4.78, 5) is 8.15. The summed E-state index contributed by atoms with van der Waals surface area (Å²) < 4.78 is 39.4. The molecule has 2 aromatic heterocycles. The summed E-state index contributed by atoms with van der Waals surface area (Å²) in [6.45, 7) is 0.377. The summed E-state index contributed by atoms with van der Waals surface area (Å²) in [5, 5.41) is 8.79. The molecule has 22 heavy (non-hydrogen) atoms. The molecule has 0 aliphatic rings. The van der Waals surface area contributed by atoms with E-state index in [0.717, 1.165) is 23.2 Å². The molecule has 0 atom stereocenters. The van der Waals surface area contributed by atoms with Crippen LogP contribution in [0.25, 0.3) is 11.0 Å². The van der Waals surface area contributed by atoms with Crippen LogP contribution in [0.15, 0.2) is 42.9 Å². The summed E-state index contributed by atoms with van der Waals surface area (Å²) in [5.74, 6) is 0. The van der Waals surface area contributed by atoms with Gasteiger partial charge in [-0.15, -0.1) is 0 Å². The third-order valence-corrected chi connectivity index (χ3v) is 3.26. The van der Waals surface area contributed by atoms with E-state index in [1.807, 2.05) is 6.07 Å². The Hall–Kier alpha value is -2.88. The van der Waals surface area contributed by atoms with E-state index in [1.165, 1.54) is 18.3 Å². The Kier molecular flexibility index (Phi) is 3.29.